The number of aromatic amines is 1. The second kappa shape index (κ2) is 7.10. The maximum absolute atomic E-state index is 14.5. The van der Waals surface area contributed by atoms with Crippen LogP contribution in [0.2, 0.25) is 5.02 Å². The molecule has 0 saturated heterocycles. The monoisotopic (exact) mass is 366 g/mol. The third-order valence-electron chi connectivity index (χ3n) is 4.05. The molecule has 7 nitrogen and oxygen atoms in total. The molecule has 0 saturated carbocycles. The van der Waals surface area contributed by atoms with Gasteiger partial charge in [-0.3, -0.25) is 4.79 Å². The van der Waals surface area contributed by atoms with Crippen LogP contribution in [-0.4, -0.2) is 47.1 Å². The molecular formula is C16H16ClFN4O3. The van der Waals surface area contributed by atoms with Crippen LogP contribution in [0, 0.1) is 5.82 Å². The number of rotatable bonds is 3. The lowest BCUT2D eigenvalue weighted by atomic mass is 9.95. The van der Waals surface area contributed by atoms with E-state index in [1.807, 2.05) is 0 Å². The first-order valence-electron chi connectivity index (χ1n) is 7.59. The molecule has 2 amide bonds. The van der Waals surface area contributed by atoms with Crippen LogP contribution >= 0.6 is 11.6 Å². The van der Waals surface area contributed by atoms with Gasteiger partial charge in [-0.2, -0.15) is 0 Å². The SMILES string of the molecule is COC(=O)CNC(=O)N1CCc2[nH]cnc2[C@H]1c1ccc(Cl)cc1F. The van der Waals surface area contributed by atoms with Crippen molar-refractivity contribution in [2.75, 3.05) is 20.2 Å². The van der Waals surface area contributed by atoms with Gasteiger partial charge in [-0.25, -0.2) is 14.2 Å². The predicted molar refractivity (Wildman–Crippen MR) is 87.7 cm³/mol. The van der Waals surface area contributed by atoms with E-state index in [9.17, 15) is 14.0 Å². The first-order valence-corrected chi connectivity index (χ1v) is 7.97. The number of nitrogens with one attached hydrogen (secondary N) is 2. The lowest BCUT2D eigenvalue weighted by Crippen LogP contribution is -2.47. The van der Waals surface area contributed by atoms with Gasteiger partial charge >= 0.3 is 12.0 Å². The van der Waals surface area contributed by atoms with Crippen LogP contribution in [0.4, 0.5) is 9.18 Å². The summed E-state index contributed by atoms with van der Waals surface area (Å²) in [5.41, 5.74) is 1.70. The molecular weight excluding hydrogens is 351 g/mol. The van der Waals surface area contributed by atoms with Crippen molar-refractivity contribution < 1.29 is 18.7 Å². The molecule has 1 aliphatic rings. The molecule has 1 aliphatic heterocycles. The maximum Gasteiger partial charge on any atom is 0.325 e. The Hall–Kier alpha value is -2.61. The molecule has 9 heteroatoms. The van der Waals surface area contributed by atoms with Gasteiger partial charge in [-0.1, -0.05) is 17.7 Å². The number of ether oxygens (including phenoxy) is 1. The highest BCUT2D eigenvalue weighted by Gasteiger charge is 2.35. The Kier molecular flexibility index (Phi) is 4.89. The topological polar surface area (TPSA) is 87.3 Å². The summed E-state index contributed by atoms with van der Waals surface area (Å²) in [6.45, 7) is 0.0734. The van der Waals surface area contributed by atoms with Crippen molar-refractivity contribution in [3.05, 3.63) is 52.3 Å². The molecule has 0 aliphatic carbocycles. The van der Waals surface area contributed by atoms with Crippen molar-refractivity contribution in [3.63, 3.8) is 0 Å². The second-order valence-corrected chi connectivity index (χ2v) is 5.95. The zero-order valence-corrected chi connectivity index (χ0v) is 14.1. The third-order valence-corrected chi connectivity index (χ3v) is 4.29. The molecule has 1 aromatic heterocycles. The number of H-pyrrole nitrogens is 1. The van der Waals surface area contributed by atoms with Gasteiger partial charge in [-0.15, -0.1) is 0 Å². The second-order valence-electron chi connectivity index (χ2n) is 5.51. The molecule has 3 rings (SSSR count). The number of fused-ring (bicyclic) bond motifs is 1. The van der Waals surface area contributed by atoms with E-state index >= 15 is 0 Å². The van der Waals surface area contributed by atoms with Gasteiger partial charge < -0.3 is 19.9 Å². The molecule has 132 valence electrons. The van der Waals surface area contributed by atoms with Crippen LogP contribution in [0.15, 0.2) is 24.5 Å². The van der Waals surface area contributed by atoms with Crippen molar-refractivity contribution in [2.24, 2.45) is 0 Å². The molecule has 0 bridgehead atoms. The zero-order chi connectivity index (χ0) is 18.0. The molecule has 2 aromatic rings. The predicted octanol–water partition coefficient (Wildman–Crippen LogP) is 2.03. The summed E-state index contributed by atoms with van der Waals surface area (Å²) < 4.78 is 19.0. The fourth-order valence-electron chi connectivity index (χ4n) is 2.86. The number of halogens is 2. The van der Waals surface area contributed by atoms with E-state index in [2.05, 4.69) is 20.0 Å². The Balaban J connectivity index is 1.94. The van der Waals surface area contributed by atoms with Crippen LogP contribution in [0.1, 0.15) is 23.0 Å². The average molecular weight is 367 g/mol. The number of hydrogen-bond donors (Lipinski definition) is 2. The Bertz CT molecular complexity index is 810. The molecule has 2 N–H and O–H groups in total. The van der Waals surface area contributed by atoms with Crippen LogP contribution < -0.4 is 5.32 Å². The van der Waals surface area contributed by atoms with E-state index in [0.29, 0.717) is 18.7 Å². The van der Waals surface area contributed by atoms with E-state index < -0.39 is 23.9 Å². The van der Waals surface area contributed by atoms with Gasteiger partial charge in [0, 0.05) is 29.2 Å². The van der Waals surface area contributed by atoms with Crippen LogP contribution in [-0.2, 0) is 16.0 Å². The average Bonchev–Trinajstić information content (AvgIpc) is 3.07. The first-order chi connectivity index (χ1) is 12.0. The summed E-state index contributed by atoms with van der Waals surface area (Å²) in [6.07, 6.45) is 2.06. The van der Waals surface area contributed by atoms with Crippen molar-refractivity contribution in [1.29, 1.82) is 0 Å². The molecule has 1 atom stereocenters. The van der Waals surface area contributed by atoms with Crippen molar-refractivity contribution >= 4 is 23.6 Å². The number of benzene rings is 1. The Morgan fingerprint density at radius 3 is 3.04 bits per heavy atom. The number of carbonyl (C=O) groups excluding carboxylic acids is 2. The van der Waals surface area contributed by atoms with Gasteiger partial charge in [0.1, 0.15) is 18.4 Å². The zero-order valence-electron chi connectivity index (χ0n) is 13.4. The number of hydrogen-bond acceptors (Lipinski definition) is 4. The summed E-state index contributed by atoms with van der Waals surface area (Å²) in [5, 5.41) is 2.75. The van der Waals surface area contributed by atoms with Gasteiger partial charge in [0.2, 0.25) is 0 Å². The highest BCUT2D eigenvalue weighted by atomic mass is 35.5. The summed E-state index contributed by atoms with van der Waals surface area (Å²) in [6, 6.07) is 3.07. The van der Waals surface area contributed by atoms with Gasteiger partial charge in [0.15, 0.2) is 0 Å². The summed E-state index contributed by atoms with van der Waals surface area (Å²) in [4.78, 5) is 32.5. The lowest BCUT2D eigenvalue weighted by Gasteiger charge is -2.35. The summed E-state index contributed by atoms with van der Waals surface area (Å²) in [5.74, 6) is -1.10. The molecule has 25 heavy (non-hydrogen) atoms. The van der Waals surface area contributed by atoms with E-state index in [0.717, 1.165) is 5.69 Å². The third kappa shape index (κ3) is 3.43. The largest absolute Gasteiger partial charge is 0.468 e. The standard InChI is InChI=1S/C16H16ClFN4O3/c1-25-13(23)7-19-16(24)22-5-4-12-14(21-8-20-12)15(22)10-3-2-9(17)6-11(10)18/h2-3,6,8,15H,4-5,7H2,1H3,(H,19,24)(H,20,21)/t15-/m1/s1. The molecule has 0 radical (unpaired) electrons. The van der Waals surface area contributed by atoms with Gasteiger partial charge in [0.25, 0.3) is 0 Å². The van der Waals surface area contributed by atoms with Crippen LogP contribution in [0.3, 0.4) is 0 Å². The number of methoxy groups -OCH3 is 1. The minimum Gasteiger partial charge on any atom is -0.468 e. The number of nitrogens with zero attached hydrogens (tertiary/aromatic N) is 2. The van der Waals surface area contributed by atoms with Crippen molar-refractivity contribution in [1.82, 2.24) is 20.2 Å². The number of urea groups is 1. The fraction of sp³-hybridized carbons (Fsp3) is 0.312. The van der Waals surface area contributed by atoms with E-state index in [1.54, 1.807) is 6.07 Å². The molecule has 2 heterocycles. The normalized spacial score (nSPS) is 16.3. The minimum absolute atomic E-state index is 0.265. The van der Waals surface area contributed by atoms with Gasteiger partial charge in [0.05, 0.1) is 19.1 Å². The lowest BCUT2D eigenvalue weighted by molar-refractivity contribution is -0.139. The Labute approximate surface area is 148 Å². The minimum atomic E-state index is -0.718. The first kappa shape index (κ1) is 17.2. The number of amides is 2. The highest BCUT2D eigenvalue weighted by Crippen LogP contribution is 2.35. The van der Waals surface area contributed by atoms with E-state index in [-0.39, 0.29) is 17.1 Å². The maximum atomic E-state index is 14.5. The molecule has 0 spiro atoms. The summed E-state index contributed by atoms with van der Waals surface area (Å²) >= 11 is 5.83. The van der Waals surface area contributed by atoms with E-state index in [1.165, 1.54) is 30.5 Å². The van der Waals surface area contributed by atoms with Gasteiger partial charge in [-0.05, 0) is 12.1 Å². The summed E-state index contributed by atoms with van der Waals surface area (Å²) in [7, 11) is 1.23. The number of carbonyl (C=O) groups is 2. The quantitative estimate of drug-likeness (QED) is 0.814. The molecule has 1 aromatic carbocycles. The van der Waals surface area contributed by atoms with Crippen LogP contribution in [0.5, 0.6) is 0 Å². The fourth-order valence-corrected chi connectivity index (χ4v) is 3.01. The Morgan fingerprint density at radius 1 is 1.52 bits per heavy atom. The molecule has 0 unspecified atom stereocenters. The smallest absolute Gasteiger partial charge is 0.325 e. The number of esters is 1. The van der Waals surface area contributed by atoms with Crippen LogP contribution in [0.25, 0.3) is 0 Å². The number of imidazole rings is 1. The number of aromatic nitrogens is 2. The highest BCUT2D eigenvalue weighted by molar-refractivity contribution is 6.30. The Morgan fingerprint density at radius 2 is 2.32 bits per heavy atom. The van der Waals surface area contributed by atoms with E-state index in [4.69, 9.17) is 11.6 Å². The molecule has 0 fully saturated rings. The van der Waals surface area contributed by atoms with Crippen molar-refractivity contribution in [2.45, 2.75) is 12.5 Å². The van der Waals surface area contributed by atoms with Crippen molar-refractivity contribution in [3.8, 4) is 0 Å².